The van der Waals surface area contributed by atoms with Crippen molar-refractivity contribution in [2.45, 2.75) is 33.8 Å². The number of aliphatic hydroxyl groups is 1. The molecule has 1 amide bonds. The zero-order chi connectivity index (χ0) is 18.4. The predicted octanol–water partition coefficient (Wildman–Crippen LogP) is 3.40. The Kier molecular flexibility index (Phi) is 6.73. The molecular formula is C21H27NO3. The Hall–Kier alpha value is -2.17. The number of rotatable bonds is 7. The second-order valence-corrected chi connectivity index (χ2v) is 6.48. The van der Waals surface area contributed by atoms with Gasteiger partial charge in [0.1, 0.15) is 0 Å². The maximum absolute atomic E-state index is 12.6. The summed E-state index contributed by atoms with van der Waals surface area (Å²) in [5.74, 6) is -0.0975. The number of aliphatic hydroxyl groups excluding tert-OH is 1. The molecule has 4 nitrogen and oxygen atoms in total. The van der Waals surface area contributed by atoms with Crippen molar-refractivity contribution in [3.8, 4) is 0 Å². The summed E-state index contributed by atoms with van der Waals surface area (Å²) in [5, 5.41) is 12.0. The highest BCUT2D eigenvalue weighted by atomic mass is 16.5. The minimum atomic E-state index is -0.289. The van der Waals surface area contributed by atoms with Gasteiger partial charge in [-0.15, -0.1) is 0 Å². The molecule has 2 aromatic carbocycles. The van der Waals surface area contributed by atoms with E-state index in [1.54, 1.807) is 0 Å². The van der Waals surface area contributed by atoms with E-state index in [1.165, 1.54) is 5.56 Å². The number of ether oxygens (including phenoxy) is 1. The molecule has 0 saturated carbocycles. The second kappa shape index (κ2) is 8.79. The number of aryl methyl sites for hydroxylation is 4. The number of amides is 1. The third-order valence-corrected chi connectivity index (χ3v) is 4.21. The number of hydrogen-bond acceptors (Lipinski definition) is 3. The van der Waals surface area contributed by atoms with Crippen LogP contribution in [0.25, 0.3) is 0 Å². The number of hydrogen-bond donors (Lipinski definition) is 2. The van der Waals surface area contributed by atoms with Gasteiger partial charge in [-0.05, 0) is 44.4 Å². The average Bonchev–Trinajstić information content (AvgIpc) is 2.55. The summed E-state index contributed by atoms with van der Waals surface area (Å²) < 4.78 is 5.72. The van der Waals surface area contributed by atoms with E-state index in [-0.39, 0.29) is 25.2 Å². The van der Waals surface area contributed by atoms with E-state index in [2.05, 4.69) is 5.32 Å². The van der Waals surface area contributed by atoms with Gasteiger partial charge in [0, 0.05) is 12.1 Å². The molecule has 2 aromatic rings. The van der Waals surface area contributed by atoms with Gasteiger partial charge in [-0.25, -0.2) is 0 Å². The molecule has 0 spiro atoms. The fourth-order valence-corrected chi connectivity index (χ4v) is 3.06. The van der Waals surface area contributed by atoms with E-state index in [4.69, 9.17) is 9.84 Å². The molecule has 0 aliphatic heterocycles. The lowest BCUT2D eigenvalue weighted by molar-refractivity contribution is 0.0277. The van der Waals surface area contributed by atoms with Crippen LogP contribution in [-0.2, 0) is 4.74 Å². The summed E-state index contributed by atoms with van der Waals surface area (Å²) in [5.41, 5.74) is 5.96. The van der Waals surface area contributed by atoms with Crippen LogP contribution in [0, 0.1) is 27.7 Å². The average molecular weight is 341 g/mol. The van der Waals surface area contributed by atoms with Gasteiger partial charge < -0.3 is 15.2 Å². The van der Waals surface area contributed by atoms with Crippen LogP contribution in [0.5, 0.6) is 0 Å². The SMILES string of the molecule is Cc1ccc(C(CNC(=O)c2c(C)cc(C)cc2C)OCCO)cc1. The number of benzene rings is 2. The first kappa shape index (κ1) is 19.2. The normalized spacial score (nSPS) is 12.0. The summed E-state index contributed by atoms with van der Waals surface area (Å²) in [6.07, 6.45) is -0.289. The Morgan fingerprint density at radius 3 is 2.20 bits per heavy atom. The minimum absolute atomic E-state index is 0.0491. The van der Waals surface area contributed by atoms with Gasteiger partial charge in [0.15, 0.2) is 0 Å². The molecule has 134 valence electrons. The highest BCUT2D eigenvalue weighted by molar-refractivity contribution is 5.97. The molecular weight excluding hydrogens is 314 g/mol. The fraction of sp³-hybridized carbons (Fsp3) is 0.381. The molecule has 0 aromatic heterocycles. The fourth-order valence-electron chi connectivity index (χ4n) is 3.06. The first-order valence-electron chi connectivity index (χ1n) is 8.57. The lowest BCUT2D eigenvalue weighted by Gasteiger charge is -2.20. The number of carbonyl (C=O) groups excluding carboxylic acids is 1. The molecule has 0 bridgehead atoms. The predicted molar refractivity (Wildman–Crippen MR) is 99.9 cm³/mol. The summed E-state index contributed by atoms with van der Waals surface area (Å²) in [7, 11) is 0. The molecule has 2 rings (SSSR count). The molecule has 2 N–H and O–H groups in total. The molecule has 0 saturated heterocycles. The van der Waals surface area contributed by atoms with Crippen LogP contribution in [0.3, 0.4) is 0 Å². The van der Waals surface area contributed by atoms with E-state index in [1.807, 2.05) is 64.1 Å². The van der Waals surface area contributed by atoms with Gasteiger partial charge >= 0.3 is 0 Å². The van der Waals surface area contributed by atoms with Gasteiger partial charge in [-0.1, -0.05) is 47.5 Å². The standard InChI is InChI=1S/C21H27NO3/c1-14-5-7-18(8-6-14)19(25-10-9-23)13-22-21(24)20-16(3)11-15(2)12-17(20)4/h5-8,11-12,19,23H,9-10,13H2,1-4H3,(H,22,24). The Bertz CT molecular complexity index is 699. The highest BCUT2D eigenvalue weighted by Gasteiger charge is 2.17. The molecule has 0 aliphatic rings. The first-order valence-corrected chi connectivity index (χ1v) is 8.57. The lowest BCUT2D eigenvalue weighted by atomic mass is 9.99. The summed E-state index contributed by atoms with van der Waals surface area (Å²) >= 11 is 0. The molecule has 0 heterocycles. The molecule has 1 unspecified atom stereocenters. The number of nitrogens with one attached hydrogen (secondary N) is 1. The van der Waals surface area contributed by atoms with Gasteiger partial charge in [-0.3, -0.25) is 4.79 Å². The van der Waals surface area contributed by atoms with Crippen molar-refractivity contribution in [1.82, 2.24) is 5.32 Å². The van der Waals surface area contributed by atoms with Crippen LogP contribution < -0.4 is 5.32 Å². The Balaban J connectivity index is 2.12. The summed E-state index contributed by atoms with van der Waals surface area (Å²) in [6, 6.07) is 12.0. The quantitative estimate of drug-likeness (QED) is 0.811. The molecule has 0 radical (unpaired) electrons. The van der Waals surface area contributed by atoms with E-state index < -0.39 is 0 Å². The maximum atomic E-state index is 12.6. The van der Waals surface area contributed by atoms with Crippen molar-refractivity contribution in [2.24, 2.45) is 0 Å². The molecule has 0 fully saturated rings. The van der Waals surface area contributed by atoms with Crippen LogP contribution in [0.2, 0.25) is 0 Å². The monoisotopic (exact) mass is 341 g/mol. The largest absolute Gasteiger partial charge is 0.394 e. The van der Waals surface area contributed by atoms with Crippen LogP contribution in [0.15, 0.2) is 36.4 Å². The second-order valence-electron chi connectivity index (χ2n) is 6.48. The molecule has 4 heteroatoms. The van der Waals surface area contributed by atoms with Crippen molar-refractivity contribution in [3.05, 3.63) is 69.8 Å². The van der Waals surface area contributed by atoms with E-state index in [9.17, 15) is 4.79 Å². The Morgan fingerprint density at radius 2 is 1.64 bits per heavy atom. The zero-order valence-corrected chi connectivity index (χ0v) is 15.4. The van der Waals surface area contributed by atoms with Crippen LogP contribution in [-0.4, -0.2) is 30.8 Å². The zero-order valence-electron chi connectivity index (χ0n) is 15.4. The minimum Gasteiger partial charge on any atom is -0.394 e. The third kappa shape index (κ3) is 5.15. The third-order valence-electron chi connectivity index (χ3n) is 4.21. The van der Waals surface area contributed by atoms with Gasteiger partial charge in [0.25, 0.3) is 5.91 Å². The molecule has 25 heavy (non-hydrogen) atoms. The van der Waals surface area contributed by atoms with Crippen molar-refractivity contribution in [3.63, 3.8) is 0 Å². The van der Waals surface area contributed by atoms with E-state index in [0.717, 1.165) is 27.8 Å². The van der Waals surface area contributed by atoms with Gasteiger partial charge in [-0.2, -0.15) is 0 Å². The van der Waals surface area contributed by atoms with Crippen molar-refractivity contribution < 1.29 is 14.6 Å². The van der Waals surface area contributed by atoms with Gasteiger partial charge in [0.05, 0.1) is 19.3 Å². The van der Waals surface area contributed by atoms with Gasteiger partial charge in [0.2, 0.25) is 0 Å². The summed E-state index contributed by atoms with van der Waals surface area (Å²) in [4.78, 5) is 12.6. The maximum Gasteiger partial charge on any atom is 0.251 e. The van der Waals surface area contributed by atoms with Crippen LogP contribution in [0.4, 0.5) is 0 Å². The topological polar surface area (TPSA) is 58.6 Å². The smallest absolute Gasteiger partial charge is 0.251 e. The van der Waals surface area contributed by atoms with Crippen molar-refractivity contribution in [2.75, 3.05) is 19.8 Å². The lowest BCUT2D eigenvalue weighted by Crippen LogP contribution is -2.31. The van der Waals surface area contributed by atoms with E-state index in [0.29, 0.717) is 6.54 Å². The van der Waals surface area contributed by atoms with Crippen LogP contribution >= 0.6 is 0 Å². The first-order chi connectivity index (χ1) is 11.9. The van der Waals surface area contributed by atoms with E-state index >= 15 is 0 Å². The molecule has 0 aliphatic carbocycles. The Morgan fingerprint density at radius 1 is 1.04 bits per heavy atom. The van der Waals surface area contributed by atoms with Crippen molar-refractivity contribution in [1.29, 1.82) is 0 Å². The van der Waals surface area contributed by atoms with Crippen molar-refractivity contribution >= 4 is 5.91 Å². The number of carbonyl (C=O) groups is 1. The Labute approximate surface area is 149 Å². The highest BCUT2D eigenvalue weighted by Crippen LogP contribution is 2.19. The molecule has 1 atom stereocenters. The van der Waals surface area contributed by atoms with Crippen LogP contribution in [0.1, 0.15) is 44.3 Å². The summed E-state index contributed by atoms with van der Waals surface area (Å²) in [6.45, 7) is 8.50.